The van der Waals surface area contributed by atoms with Crippen LogP contribution in [0.1, 0.15) is 20.3 Å². The molecule has 0 aromatic carbocycles. The van der Waals surface area contributed by atoms with E-state index in [0.29, 0.717) is 25.6 Å². The smallest absolute Gasteiger partial charge is 0.281 e. The van der Waals surface area contributed by atoms with Crippen LogP contribution in [0.15, 0.2) is 0 Å². The van der Waals surface area contributed by atoms with Crippen LogP contribution in [0, 0.1) is 5.92 Å². The van der Waals surface area contributed by atoms with Gasteiger partial charge in [0, 0.05) is 39.8 Å². The van der Waals surface area contributed by atoms with Crippen LogP contribution in [0.25, 0.3) is 0 Å². The highest BCUT2D eigenvalue weighted by atomic mass is 32.2. The average molecular weight is 249 g/mol. The van der Waals surface area contributed by atoms with Crippen LogP contribution in [0.4, 0.5) is 0 Å². The van der Waals surface area contributed by atoms with Crippen molar-refractivity contribution in [3.63, 3.8) is 0 Å². The Hall–Kier alpha value is -0.170. The number of rotatable bonds is 5. The van der Waals surface area contributed by atoms with E-state index in [1.807, 2.05) is 0 Å². The van der Waals surface area contributed by atoms with Gasteiger partial charge >= 0.3 is 0 Å². The molecule has 1 N–H and O–H groups in total. The Morgan fingerprint density at radius 3 is 2.38 bits per heavy atom. The van der Waals surface area contributed by atoms with E-state index in [1.54, 1.807) is 11.4 Å². The van der Waals surface area contributed by atoms with Crippen LogP contribution in [-0.2, 0) is 10.2 Å². The average Bonchev–Trinajstić information content (AvgIpc) is 2.27. The Labute approximate surface area is 99.0 Å². The molecule has 1 aliphatic rings. The first-order chi connectivity index (χ1) is 7.44. The monoisotopic (exact) mass is 249 g/mol. The van der Waals surface area contributed by atoms with E-state index >= 15 is 0 Å². The number of nitrogens with one attached hydrogen (secondary N) is 1. The van der Waals surface area contributed by atoms with Crippen LogP contribution in [0.3, 0.4) is 0 Å². The van der Waals surface area contributed by atoms with Gasteiger partial charge in [0.25, 0.3) is 10.2 Å². The van der Waals surface area contributed by atoms with Gasteiger partial charge in [0.2, 0.25) is 0 Å². The third-order valence-electron chi connectivity index (χ3n) is 2.82. The summed E-state index contributed by atoms with van der Waals surface area (Å²) in [4.78, 5) is 0. The predicted octanol–water partition coefficient (Wildman–Crippen LogP) is 0.114. The van der Waals surface area contributed by atoms with Gasteiger partial charge in [0.1, 0.15) is 0 Å². The molecule has 1 rings (SSSR count). The number of nitrogens with zero attached hydrogens (tertiary/aromatic N) is 2. The lowest BCUT2D eigenvalue weighted by Crippen LogP contribution is -2.51. The van der Waals surface area contributed by atoms with Crippen molar-refractivity contribution in [3.8, 4) is 0 Å². The van der Waals surface area contributed by atoms with Crippen molar-refractivity contribution >= 4 is 10.2 Å². The topological polar surface area (TPSA) is 52.7 Å². The standard InChI is InChI=1S/C10H23N3O2S/c1-10(2)4-7-12(3)16(14,15)13-8-5-11-6-9-13/h10-11H,4-9H2,1-3H3. The summed E-state index contributed by atoms with van der Waals surface area (Å²) in [6, 6.07) is 0. The Balaban J connectivity index is 2.54. The first-order valence-corrected chi connectivity index (χ1v) is 7.26. The maximum absolute atomic E-state index is 12.1. The molecule has 1 fully saturated rings. The maximum atomic E-state index is 12.1. The highest BCUT2D eigenvalue weighted by molar-refractivity contribution is 7.86. The lowest BCUT2D eigenvalue weighted by atomic mass is 10.1. The molecule has 0 unspecified atom stereocenters. The Morgan fingerprint density at radius 2 is 1.88 bits per heavy atom. The van der Waals surface area contributed by atoms with Crippen LogP contribution < -0.4 is 5.32 Å². The molecule has 5 nitrogen and oxygen atoms in total. The van der Waals surface area contributed by atoms with Gasteiger partial charge in [-0.3, -0.25) is 0 Å². The summed E-state index contributed by atoms with van der Waals surface area (Å²) in [6.07, 6.45) is 0.905. The summed E-state index contributed by atoms with van der Waals surface area (Å²) < 4.78 is 27.3. The second-order valence-corrected chi connectivity index (χ2v) is 6.70. The minimum Gasteiger partial charge on any atom is -0.314 e. The van der Waals surface area contributed by atoms with Crippen molar-refractivity contribution in [2.75, 3.05) is 39.8 Å². The zero-order valence-electron chi connectivity index (χ0n) is 10.4. The number of hydrogen-bond acceptors (Lipinski definition) is 3. The third kappa shape index (κ3) is 3.69. The van der Waals surface area contributed by atoms with Gasteiger partial charge in [-0.25, -0.2) is 0 Å². The Morgan fingerprint density at radius 1 is 1.31 bits per heavy atom. The lowest BCUT2D eigenvalue weighted by molar-refractivity contribution is 0.320. The molecule has 0 spiro atoms. The molecule has 0 aromatic heterocycles. The van der Waals surface area contributed by atoms with Crippen LogP contribution in [0.5, 0.6) is 0 Å². The van der Waals surface area contributed by atoms with E-state index in [4.69, 9.17) is 0 Å². The molecule has 1 saturated heterocycles. The summed E-state index contributed by atoms with van der Waals surface area (Å²) in [6.45, 7) is 7.46. The molecule has 6 heteroatoms. The summed E-state index contributed by atoms with van der Waals surface area (Å²) in [5.74, 6) is 0.528. The molecule has 0 aromatic rings. The largest absolute Gasteiger partial charge is 0.314 e. The van der Waals surface area contributed by atoms with E-state index in [9.17, 15) is 8.42 Å². The van der Waals surface area contributed by atoms with Gasteiger partial charge in [-0.2, -0.15) is 17.0 Å². The second-order valence-electron chi connectivity index (χ2n) is 4.66. The second kappa shape index (κ2) is 5.95. The van der Waals surface area contributed by atoms with Crippen LogP contribution in [-0.4, -0.2) is 56.8 Å². The molecule has 96 valence electrons. The van der Waals surface area contributed by atoms with Crippen LogP contribution >= 0.6 is 0 Å². The molecule has 0 aliphatic carbocycles. The van der Waals surface area contributed by atoms with Gasteiger partial charge in [-0.15, -0.1) is 0 Å². The molecule has 16 heavy (non-hydrogen) atoms. The molecule has 0 bridgehead atoms. The van der Waals surface area contributed by atoms with E-state index in [1.165, 1.54) is 4.31 Å². The van der Waals surface area contributed by atoms with Gasteiger partial charge < -0.3 is 5.32 Å². The fourth-order valence-electron chi connectivity index (χ4n) is 1.63. The molecule has 0 amide bonds. The molecule has 0 radical (unpaired) electrons. The van der Waals surface area contributed by atoms with Crippen molar-refractivity contribution in [3.05, 3.63) is 0 Å². The van der Waals surface area contributed by atoms with Crippen molar-refractivity contribution < 1.29 is 8.42 Å². The SMILES string of the molecule is CC(C)CCN(C)S(=O)(=O)N1CCNCC1. The van der Waals surface area contributed by atoms with Gasteiger partial charge in [-0.1, -0.05) is 13.8 Å². The molecule has 0 saturated carbocycles. The summed E-state index contributed by atoms with van der Waals surface area (Å²) in [5.41, 5.74) is 0. The quantitative estimate of drug-likeness (QED) is 0.752. The molecular weight excluding hydrogens is 226 g/mol. The minimum absolute atomic E-state index is 0.528. The Bertz CT molecular complexity index is 297. The molecular formula is C10H23N3O2S. The lowest BCUT2D eigenvalue weighted by Gasteiger charge is -2.30. The van der Waals surface area contributed by atoms with Crippen LogP contribution in [0.2, 0.25) is 0 Å². The number of piperazine rings is 1. The first-order valence-electron chi connectivity index (χ1n) is 5.86. The molecule has 0 atom stereocenters. The summed E-state index contributed by atoms with van der Waals surface area (Å²) >= 11 is 0. The zero-order valence-corrected chi connectivity index (χ0v) is 11.3. The van der Waals surface area contributed by atoms with Gasteiger partial charge in [0.05, 0.1) is 0 Å². The van der Waals surface area contributed by atoms with Crippen molar-refractivity contribution in [2.24, 2.45) is 5.92 Å². The van der Waals surface area contributed by atoms with E-state index in [2.05, 4.69) is 19.2 Å². The van der Waals surface area contributed by atoms with Crippen molar-refractivity contribution in [1.82, 2.24) is 13.9 Å². The van der Waals surface area contributed by atoms with E-state index < -0.39 is 10.2 Å². The van der Waals surface area contributed by atoms with E-state index in [0.717, 1.165) is 19.5 Å². The maximum Gasteiger partial charge on any atom is 0.281 e. The highest BCUT2D eigenvalue weighted by Crippen LogP contribution is 2.10. The normalized spacial score (nSPS) is 19.6. The third-order valence-corrected chi connectivity index (χ3v) is 4.81. The summed E-state index contributed by atoms with van der Waals surface area (Å²) in [7, 11) is -1.56. The summed E-state index contributed by atoms with van der Waals surface area (Å²) in [5, 5.41) is 3.15. The highest BCUT2D eigenvalue weighted by Gasteiger charge is 2.27. The molecule has 1 heterocycles. The van der Waals surface area contributed by atoms with E-state index in [-0.39, 0.29) is 0 Å². The van der Waals surface area contributed by atoms with Gasteiger partial charge in [0.15, 0.2) is 0 Å². The van der Waals surface area contributed by atoms with Crippen molar-refractivity contribution in [1.29, 1.82) is 0 Å². The fraction of sp³-hybridized carbons (Fsp3) is 1.00. The zero-order chi connectivity index (χ0) is 12.2. The van der Waals surface area contributed by atoms with Gasteiger partial charge in [-0.05, 0) is 12.3 Å². The Kier molecular flexibility index (Phi) is 5.17. The predicted molar refractivity (Wildman–Crippen MR) is 65.4 cm³/mol. The van der Waals surface area contributed by atoms with Crippen molar-refractivity contribution in [2.45, 2.75) is 20.3 Å². The number of hydrogen-bond donors (Lipinski definition) is 1. The fourth-order valence-corrected chi connectivity index (χ4v) is 3.00. The molecule has 1 aliphatic heterocycles. The minimum atomic E-state index is -3.23. The first kappa shape index (κ1) is 13.9.